The van der Waals surface area contributed by atoms with Crippen LogP contribution in [0.2, 0.25) is 0 Å². The van der Waals surface area contributed by atoms with E-state index in [9.17, 15) is 9.59 Å². The molecule has 0 unspecified atom stereocenters. The molecular weight excluding hydrogens is 326 g/mol. The van der Waals surface area contributed by atoms with Crippen LogP contribution in [0.4, 0.5) is 17.1 Å². The van der Waals surface area contributed by atoms with Crippen molar-refractivity contribution in [2.24, 2.45) is 0 Å². The molecule has 0 spiro atoms. The number of anilines is 3. The summed E-state index contributed by atoms with van der Waals surface area (Å²) in [5.74, 6) is 0.0263. The van der Waals surface area contributed by atoms with E-state index in [1.807, 2.05) is 24.3 Å². The standard InChI is InChI=1S/C21H25N3O2/c1-16(25)17-4-6-18(7-5-17)22-13-12-21(26)23-19-8-10-20(11-9-19)24-14-2-3-15-24/h4-11,22H,2-3,12-15H2,1H3,(H,23,26). The van der Waals surface area contributed by atoms with Crippen molar-refractivity contribution in [2.45, 2.75) is 26.2 Å². The third-order valence-corrected chi connectivity index (χ3v) is 4.59. The van der Waals surface area contributed by atoms with Crippen molar-refractivity contribution in [3.05, 3.63) is 54.1 Å². The van der Waals surface area contributed by atoms with Gasteiger partial charge in [-0.3, -0.25) is 9.59 Å². The molecule has 1 aliphatic heterocycles. The number of rotatable bonds is 7. The molecule has 26 heavy (non-hydrogen) atoms. The van der Waals surface area contributed by atoms with Gasteiger partial charge in [0.1, 0.15) is 0 Å². The minimum Gasteiger partial charge on any atom is -0.385 e. The molecule has 1 aliphatic rings. The van der Waals surface area contributed by atoms with Gasteiger partial charge in [0, 0.05) is 48.7 Å². The Morgan fingerprint density at radius 2 is 1.54 bits per heavy atom. The molecular formula is C21H25N3O2. The first-order chi connectivity index (χ1) is 12.6. The van der Waals surface area contributed by atoms with Crippen LogP contribution in [0, 0.1) is 0 Å². The fourth-order valence-corrected chi connectivity index (χ4v) is 3.10. The monoisotopic (exact) mass is 351 g/mol. The Bertz CT molecular complexity index is 748. The van der Waals surface area contributed by atoms with E-state index in [4.69, 9.17) is 0 Å². The topological polar surface area (TPSA) is 61.4 Å². The number of carbonyl (C=O) groups excluding carboxylic acids is 2. The summed E-state index contributed by atoms with van der Waals surface area (Å²) in [6, 6.07) is 15.3. The molecule has 0 aliphatic carbocycles. The van der Waals surface area contributed by atoms with Crippen molar-refractivity contribution < 1.29 is 9.59 Å². The Hall–Kier alpha value is -2.82. The molecule has 1 heterocycles. The van der Waals surface area contributed by atoms with Crippen LogP contribution < -0.4 is 15.5 Å². The Kier molecular flexibility index (Phi) is 5.89. The lowest BCUT2D eigenvalue weighted by Gasteiger charge is -2.17. The van der Waals surface area contributed by atoms with E-state index < -0.39 is 0 Å². The first-order valence-corrected chi connectivity index (χ1v) is 9.11. The maximum absolute atomic E-state index is 12.1. The lowest BCUT2D eigenvalue weighted by Crippen LogP contribution is -2.18. The van der Waals surface area contributed by atoms with Gasteiger partial charge in [-0.1, -0.05) is 0 Å². The maximum atomic E-state index is 12.1. The highest BCUT2D eigenvalue weighted by atomic mass is 16.1. The van der Waals surface area contributed by atoms with E-state index in [2.05, 4.69) is 27.7 Å². The Labute approximate surface area is 154 Å². The van der Waals surface area contributed by atoms with Crippen LogP contribution >= 0.6 is 0 Å². The fourth-order valence-electron chi connectivity index (χ4n) is 3.10. The van der Waals surface area contributed by atoms with Gasteiger partial charge in [-0.05, 0) is 68.3 Å². The molecule has 1 amide bonds. The van der Waals surface area contributed by atoms with Crippen molar-refractivity contribution in [1.29, 1.82) is 0 Å². The highest BCUT2D eigenvalue weighted by Crippen LogP contribution is 2.22. The number of hydrogen-bond acceptors (Lipinski definition) is 4. The normalized spacial score (nSPS) is 13.5. The second kappa shape index (κ2) is 8.52. The summed E-state index contributed by atoms with van der Waals surface area (Å²) in [7, 11) is 0. The summed E-state index contributed by atoms with van der Waals surface area (Å²) in [5.41, 5.74) is 3.63. The number of Topliss-reactive ketones (excluding diaryl/α,β-unsaturated/α-hetero) is 1. The molecule has 0 bridgehead atoms. The quantitative estimate of drug-likeness (QED) is 0.742. The fraction of sp³-hybridized carbons (Fsp3) is 0.333. The lowest BCUT2D eigenvalue weighted by molar-refractivity contribution is -0.115. The second-order valence-corrected chi connectivity index (χ2v) is 6.60. The van der Waals surface area contributed by atoms with Gasteiger partial charge >= 0.3 is 0 Å². The van der Waals surface area contributed by atoms with Gasteiger partial charge in [-0.15, -0.1) is 0 Å². The molecule has 0 atom stereocenters. The molecule has 2 aromatic carbocycles. The zero-order valence-corrected chi connectivity index (χ0v) is 15.1. The van der Waals surface area contributed by atoms with E-state index in [1.165, 1.54) is 18.5 Å². The molecule has 0 radical (unpaired) electrons. The van der Waals surface area contributed by atoms with E-state index in [0.29, 0.717) is 18.5 Å². The number of amides is 1. The Balaban J connectivity index is 1.43. The van der Waals surface area contributed by atoms with E-state index in [1.54, 1.807) is 19.1 Å². The van der Waals surface area contributed by atoms with Crippen LogP contribution in [0.1, 0.15) is 36.5 Å². The molecule has 2 aromatic rings. The summed E-state index contributed by atoms with van der Waals surface area (Å²) >= 11 is 0. The largest absolute Gasteiger partial charge is 0.385 e. The summed E-state index contributed by atoms with van der Waals surface area (Å²) < 4.78 is 0. The van der Waals surface area contributed by atoms with Crippen LogP contribution in [-0.4, -0.2) is 31.3 Å². The molecule has 5 nitrogen and oxygen atoms in total. The SMILES string of the molecule is CC(=O)c1ccc(NCCC(=O)Nc2ccc(N3CCCC3)cc2)cc1. The Morgan fingerprint density at radius 3 is 2.15 bits per heavy atom. The smallest absolute Gasteiger partial charge is 0.226 e. The molecule has 3 rings (SSSR count). The second-order valence-electron chi connectivity index (χ2n) is 6.60. The maximum Gasteiger partial charge on any atom is 0.226 e. The van der Waals surface area contributed by atoms with E-state index >= 15 is 0 Å². The van der Waals surface area contributed by atoms with Gasteiger partial charge in [0.05, 0.1) is 0 Å². The third kappa shape index (κ3) is 4.85. The number of benzene rings is 2. The molecule has 0 aromatic heterocycles. The van der Waals surface area contributed by atoms with E-state index in [-0.39, 0.29) is 11.7 Å². The summed E-state index contributed by atoms with van der Waals surface area (Å²) in [6.45, 7) is 4.32. The first kappa shape index (κ1) is 18.0. The molecule has 5 heteroatoms. The van der Waals surface area contributed by atoms with Gasteiger partial charge in [0.15, 0.2) is 5.78 Å². The predicted molar refractivity (Wildman–Crippen MR) is 106 cm³/mol. The van der Waals surface area contributed by atoms with Crippen molar-refractivity contribution in [1.82, 2.24) is 0 Å². The van der Waals surface area contributed by atoms with Crippen LogP contribution in [0.3, 0.4) is 0 Å². The van der Waals surface area contributed by atoms with Gasteiger partial charge in [0.25, 0.3) is 0 Å². The highest BCUT2D eigenvalue weighted by Gasteiger charge is 2.12. The van der Waals surface area contributed by atoms with Crippen molar-refractivity contribution in [3.63, 3.8) is 0 Å². The average Bonchev–Trinajstić information content (AvgIpc) is 3.17. The van der Waals surface area contributed by atoms with Crippen molar-refractivity contribution in [3.8, 4) is 0 Å². The molecule has 1 saturated heterocycles. The summed E-state index contributed by atoms with van der Waals surface area (Å²) in [5, 5.41) is 6.12. The van der Waals surface area contributed by atoms with Gasteiger partial charge < -0.3 is 15.5 Å². The minimum absolute atomic E-state index is 0.0215. The molecule has 0 saturated carbocycles. The number of hydrogen-bond donors (Lipinski definition) is 2. The van der Waals surface area contributed by atoms with Crippen LogP contribution in [0.15, 0.2) is 48.5 Å². The zero-order chi connectivity index (χ0) is 18.4. The molecule has 1 fully saturated rings. The first-order valence-electron chi connectivity index (χ1n) is 9.11. The third-order valence-electron chi connectivity index (χ3n) is 4.59. The number of nitrogens with zero attached hydrogens (tertiary/aromatic N) is 1. The number of ketones is 1. The van der Waals surface area contributed by atoms with Gasteiger partial charge in [0.2, 0.25) is 5.91 Å². The van der Waals surface area contributed by atoms with Crippen molar-refractivity contribution >= 4 is 28.8 Å². The van der Waals surface area contributed by atoms with Crippen LogP contribution in [0.5, 0.6) is 0 Å². The average molecular weight is 351 g/mol. The summed E-state index contributed by atoms with van der Waals surface area (Å²) in [6.07, 6.45) is 2.88. The molecule has 2 N–H and O–H groups in total. The zero-order valence-electron chi connectivity index (χ0n) is 15.1. The number of carbonyl (C=O) groups is 2. The van der Waals surface area contributed by atoms with Crippen LogP contribution in [-0.2, 0) is 4.79 Å². The molecule has 136 valence electrons. The van der Waals surface area contributed by atoms with Crippen molar-refractivity contribution in [2.75, 3.05) is 35.2 Å². The van der Waals surface area contributed by atoms with Gasteiger partial charge in [-0.2, -0.15) is 0 Å². The predicted octanol–water partition coefficient (Wildman–Crippen LogP) is 3.93. The summed E-state index contributed by atoms with van der Waals surface area (Å²) in [4.78, 5) is 25.7. The Morgan fingerprint density at radius 1 is 0.923 bits per heavy atom. The van der Waals surface area contributed by atoms with E-state index in [0.717, 1.165) is 24.5 Å². The number of nitrogens with one attached hydrogen (secondary N) is 2. The highest BCUT2D eigenvalue weighted by molar-refractivity contribution is 5.94. The minimum atomic E-state index is -0.0215. The lowest BCUT2D eigenvalue weighted by atomic mass is 10.1. The van der Waals surface area contributed by atoms with Crippen LogP contribution in [0.25, 0.3) is 0 Å². The van der Waals surface area contributed by atoms with Gasteiger partial charge in [-0.25, -0.2) is 0 Å².